The van der Waals surface area contributed by atoms with Crippen LogP contribution in [0.5, 0.6) is 0 Å². The molecule has 0 aromatic heterocycles. The fourth-order valence-corrected chi connectivity index (χ4v) is 4.18. The molecule has 1 nitrogen and oxygen atoms in total. The standard InChI is InChI=1S/C18H27BrO/c1-4-13-11-14(5-2)17(15(6-3)12-13)18(19)16-9-7-8-10-20-16/h11-12,16,18H,4-10H2,1-3H3. The zero-order valence-corrected chi connectivity index (χ0v) is 14.6. The van der Waals surface area contributed by atoms with Gasteiger partial charge in [0.25, 0.3) is 0 Å². The monoisotopic (exact) mass is 338 g/mol. The third-order valence-corrected chi connectivity index (χ3v) is 5.45. The number of rotatable bonds is 5. The molecule has 1 fully saturated rings. The summed E-state index contributed by atoms with van der Waals surface area (Å²) < 4.78 is 6.00. The van der Waals surface area contributed by atoms with Crippen molar-refractivity contribution >= 4 is 15.9 Å². The summed E-state index contributed by atoms with van der Waals surface area (Å²) in [6.07, 6.45) is 7.35. The van der Waals surface area contributed by atoms with E-state index in [1.54, 1.807) is 0 Å². The molecule has 0 spiro atoms. The van der Waals surface area contributed by atoms with Crippen LogP contribution in [0.3, 0.4) is 0 Å². The second-order valence-electron chi connectivity index (χ2n) is 5.70. The van der Waals surface area contributed by atoms with Crippen molar-refractivity contribution in [2.75, 3.05) is 6.61 Å². The maximum absolute atomic E-state index is 6.00. The molecule has 2 heteroatoms. The highest BCUT2D eigenvalue weighted by Crippen LogP contribution is 2.38. The predicted octanol–water partition coefficient (Wildman–Crippen LogP) is 5.38. The van der Waals surface area contributed by atoms with Crippen molar-refractivity contribution in [2.24, 2.45) is 0 Å². The smallest absolute Gasteiger partial charge is 0.0741 e. The summed E-state index contributed by atoms with van der Waals surface area (Å²) in [6.45, 7) is 7.69. The van der Waals surface area contributed by atoms with Gasteiger partial charge in [0.15, 0.2) is 0 Å². The lowest BCUT2D eigenvalue weighted by atomic mass is 9.89. The van der Waals surface area contributed by atoms with E-state index in [1.165, 1.54) is 41.5 Å². The molecule has 20 heavy (non-hydrogen) atoms. The van der Waals surface area contributed by atoms with Gasteiger partial charge in [-0.1, -0.05) is 48.8 Å². The Bertz CT molecular complexity index is 410. The SMILES string of the molecule is CCc1cc(CC)c(C(Br)C2CCCCO2)c(CC)c1. The van der Waals surface area contributed by atoms with Crippen LogP contribution < -0.4 is 0 Å². The van der Waals surface area contributed by atoms with Gasteiger partial charge in [-0.3, -0.25) is 0 Å². The molecule has 0 radical (unpaired) electrons. The number of hydrogen-bond donors (Lipinski definition) is 0. The molecule has 1 saturated heterocycles. The van der Waals surface area contributed by atoms with Gasteiger partial charge in [-0.05, 0) is 60.8 Å². The van der Waals surface area contributed by atoms with Crippen LogP contribution in [0.15, 0.2) is 12.1 Å². The molecule has 0 N–H and O–H groups in total. The van der Waals surface area contributed by atoms with Gasteiger partial charge in [-0.25, -0.2) is 0 Å². The normalized spacial score (nSPS) is 20.9. The molecule has 0 bridgehead atoms. The van der Waals surface area contributed by atoms with Gasteiger partial charge in [0.2, 0.25) is 0 Å². The Labute approximate surface area is 132 Å². The summed E-state index contributed by atoms with van der Waals surface area (Å²) in [5.74, 6) is 0. The Morgan fingerprint density at radius 1 is 1.10 bits per heavy atom. The molecule has 112 valence electrons. The van der Waals surface area contributed by atoms with Crippen LogP contribution in [0.25, 0.3) is 0 Å². The van der Waals surface area contributed by atoms with Gasteiger partial charge < -0.3 is 4.74 Å². The lowest BCUT2D eigenvalue weighted by Gasteiger charge is -2.30. The van der Waals surface area contributed by atoms with E-state index in [1.807, 2.05) is 0 Å². The van der Waals surface area contributed by atoms with Crippen LogP contribution in [0.4, 0.5) is 0 Å². The van der Waals surface area contributed by atoms with Gasteiger partial charge in [-0.15, -0.1) is 0 Å². The lowest BCUT2D eigenvalue weighted by Crippen LogP contribution is -2.25. The molecular weight excluding hydrogens is 312 g/mol. The van der Waals surface area contributed by atoms with Crippen molar-refractivity contribution in [3.05, 3.63) is 34.4 Å². The summed E-state index contributed by atoms with van der Waals surface area (Å²) in [7, 11) is 0. The number of hydrogen-bond acceptors (Lipinski definition) is 1. The molecule has 0 saturated carbocycles. The highest BCUT2D eigenvalue weighted by molar-refractivity contribution is 9.09. The Hall–Kier alpha value is -0.340. The number of ether oxygens (including phenoxy) is 1. The number of halogens is 1. The van der Waals surface area contributed by atoms with Crippen molar-refractivity contribution < 1.29 is 4.74 Å². The van der Waals surface area contributed by atoms with Crippen molar-refractivity contribution in [1.29, 1.82) is 0 Å². The average Bonchev–Trinajstić information content (AvgIpc) is 2.53. The van der Waals surface area contributed by atoms with E-state index in [9.17, 15) is 0 Å². The minimum Gasteiger partial charge on any atom is -0.377 e. The zero-order chi connectivity index (χ0) is 14.5. The first-order valence-electron chi connectivity index (χ1n) is 8.11. The van der Waals surface area contributed by atoms with Gasteiger partial charge in [0.1, 0.15) is 0 Å². The molecular formula is C18H27BrO. The predicted molar refractivity (Wildman–Crippen MR) is 89.8 cm³/mol. The maximum Gasteiger partial charge on any atom is 0.0741 e. The molecule has 1 aromatic carbocycles. The van der Waals surface area contributed by atoms with Crippen molar-refractivity contribution in [2.45, 2.75) is 70.2 Å². The van der Waals surface area contributed by atoms with Crippen LogP contribution in [0, 0.1) is 0 Å². The molecule has 2 atom stereocenters. The summed E-state index contributed by atoms with van der Waals surface area (Å²) in [6, 6.07) is 4.79. The second kappa shape index (κ2) is 7.61. The first-order valence-corrected chi connectivity index (χ1v) is 9.03. The lowest BCUT2D eigenvalue weighted by molar-refractivity contribution is 0.0158. The summed E-state index contributed by atoms with van der Waals surface area (Å²) in [4.78, 5) is 0.346. The van der Waals surface area contributed by atoms with Crippen molar-refractivity contribution in [3.8, 4) is 0 Å². The van der Waals surface area contributed by atoms with Crippen LogP contribution in [-0.4, -0.2) is 12.7 Å². The van der Waals surface area contributed by atoms with E-state index >= 15 is 0 Å². The highest BCUT2D eigenvalue weighted by Gasteiger charge is 2.27. The first-order chi connectivity index (χ1) is 9.71. The van der Waals surface area contributed by atoms with Gasteiger partial charge in [0, 0.05) is 6.61 Å². The summed E-state index contributed by atoms with van der Waals surface area (Å²) in [5, 5.41) is 0. The highest BCUT2D eigenvalue weighted by atomic mass is 79.9. The minimum atomic E-state index is 0.340. The fraction of sp³-hybridized carbons (Fsp3) is 0.667. The average molecular weight is 339 g/mol. The number of alkyl halides is 1. The van der Waals surface area contributed by atoms with Gasteiger partial charge in [0.05, 0.1) is 10.9 Å². The van der Waals surface area contributed by atoms with Crippen LogP contribution >= 0.6 is 15.9 Å². The zero-order valence-electron chi connectivity index (χ0n) is 13.0. The third-order valence-electron chi connectivity index (χ3n) is 4.40. The molecule has 0 amide bonds. The molecule has 2 rings (SSSR count). The van der Waals surface area contributed by atoms with E-state index < -0.39 is 0 Å². The Balaban J connectivity index is 2.36. The van der Waals surface area contributed by atoms with E-state index in [2.05, 4.69) is 48.8 Å². The van der Waals surface area contributed by atoms with Crippen LogP contribution in [0.2, 0.25) is 0 Å². The van der Waals surface area contributed by atoms with E-state index in [-0.39, 0.29) is 0 Å². The molecule has 0 aliphatic carbocycles. The molecule has 2 unspecified atom stereocenters. The summed E-state index contributed by atoms with van der Waals surface area (Å²) in [5.41, 5.74) is 5.96. The second-order valence-corrected chi connectivity index (χ2v) is 6.68. The molecule has 1 aliphatic rings. The van der Waals surface area contributed by atoms with Crippen molar-refractivity contribution in [3.63, 3.8) is 0 Å². The maximum atomic E-state index is 6.00. The number of benzene rings is 1. The minimum absolute atomic E-state index is 0.340. The third kappa shape index (κ3) is 3.46. The Morgan fingerprint density at radius 2 is 1.75 bits per heavy atom. The summed E-state index contributed by atoms with van der Waals surface area (Å²) >= 11 is 3.95. The first kappa shape index (κ1) is 16.0. The van der Waals surface area contributed by atoms with E-state index in [4.69, 9.17) is 4.74 Å². The molecule has 1 aliphatic heterocycles. The Morgan fingerprint density at radius 3 is 2.20 bits per heavy atom. The fourth-order valence-electron chi connectivity index (χ4n) is 3.18. The van der Waals surface area contributed by atoms with Gasteiger partial charge in [-0.2, -0.15) is 0 Å². The van der Waals surface area contributed by atoms with Crippen LogP contribution in [0.1, 0.15) is 67.1 Å². The van der Waals surface area contributed by atoms with E-state index in [0.29, 0.717) is 10.9 Å². The quantitative estimate of drug-likeness (QED) is 0.655. The molecule has 1 aromatic rings. The van der Waals surface area contributed by atoms with Crippen LogP contribution in [-0.2, 0) is 24.0 Å². The Kier molecular flexibility index (Phi) is 6.10. The van der Waals surface area contributed by atoms with Gasteiger partial charge >= 0.3 is 0 Å². The number of aryl methyl sites for hydroxylation is 3. The molecule has 1 heterocycles. The largest absolute Gasteiger partial charge is 0.377 e. The van der Waals surface area contributed by atoms with Crippen molar-refractivity contribution in [1.82, 2.24) is 0 Å². The topological polar surface area (TPSA) is 9.23 Å². The van der Waals surface area contributed by atoms with E-state index in [0.717, 1.165) is 25.9 Å².